The quantitative estimate of drug-likeness (QED) is 0.727. The van der Waals surface area contributed by atoms with Crippen LogP contribution in [0.1, 0.15) is 6.42 Å². The monoisotopic (exact) mass is 274 g/mol. The summed E-state index contributed by atoms with van der Waals surface area (Å²) < 4.78 is 10.5. The van der Waals surface area contributed by atoms with Gasteiger partial charge in [0.25, 0.3) is 5.91 Å². The smallest absolute Gasteiger partial charge is 0.257 e. The average Bonchev–Trinajstić information content (AvgIpc) is 2.37. The fourth-order valence-electron chi connectivity index (χ4n) is 1.26. The first-order valence-electron chi connectivity index (χ1n) is 5.50. The molecule has 0 aliphatic carbocycles. The van der Waals surface area contributed by atoms with E-state index in [1.165, 1.54) is 0 Å². The van der Waals surface area contributed by atoms with E-state index >= 15 is 0 Å². The topological polar surface area (TPSA) is 73.6 Å². The number of rotatable bonds is 7. The maximum Gasteiger partial charge on any atom is 0.257 e. The summed E-state index contributed by atoms with van der Waals surface area (Å²) in [6, 6.07) is 7.20. The lowest BCUT2D eigenvalue weighted by atomic mass is 10.3. The summed E-state index contributed by atoms with van der Waals surface area (Å²) in [6.45, 7) is 1.11. The molecule has 0 bridgehead atoms. The van der Waals surface area contributed by atoms with Crippen LogP contribution < -0.4 is 20.5 Å². The highest BCUT2D eigenvalue weighted by Crippen LogP contribution is 2.25. The molecule has 6 heteroatoms. The number of benzene rings is 1. The molecule has 1 amide bonds. The van der Waals surface area contributed by atoms with Gasteiger partial charge in [-0.2, -0.15) is 0 Å². The van der Waals surface area contributed by atoms with Crippen LogP contribution in [0.2, 0.25) is 0 Å². The zero-order valence-electron chi connectivity index (χ0n) is 10.3. The van der Waals surface area contributed by atoms with Crippen molar-refractivity contribution < 1.29 is 14.3 Å². The van der Waals surface area contributed by atoms with Crippen LogP contribution in [0.5, 0.6) is 11.5 Å². The molecule has 102 valence electrons. The van der Waals surface area contributed by atoms with Crippen molar-refractivity contribution in [2.75, 3.05) is 26.8 Å². The zero-order valence-corrected chi connectivity index (χ0v) is 11.2. The summed E-state index contributed by atoms with van der Waals surface area (Å²) in [5, 5.41) is 2.71. The molecule has 18 heavy (non-hydrogen) atoms. The van der Waals surface area contributed by atoms with E-state index < -0.39 is 0 Å². The Hall–Kier alpha value is -1.46. The van der Waals surface area contributed by atoms with Gasteiger partial charge in [0, 0.05) is 6.54 Å². The minimum atomic E-state index is -0.163. The van der Waals surface area contributed by atoms with Crippen molar-refractivity contribution in [2.24, 2.45) is 5.73 Å². The van der Waals surface area contributed by atoms with E-state index in [0.717, 1.165) is 6.42 Å². The normalized spacial score (nSPS) is 9.22. The van der Waals surface area contributed by atoms with Gasteiger partial charge in [-0.25, -0.2) is 0 Å². The van der Waals surface area contributed by atoms with Crippen molar-refractivity contribution in [3.8, 4) is 11.5 Å². The third-order valence-corrected chi connectivity index (χ3v) is 2.13. The van der Waals surface area contributed by atoms with Crippen molar-refractivity contribution in [3.05, 3.63) is 24.3 Å². The number of amides is 1. The van der Waals surface area contributed by atoms with Gasteiger partial charge in [0.05, 0.1) is 7.11 Å². The number of nitrogens with one attached hydrogen (secondary N) is 1. The van der Waals surface area contributed by atoms with Crippen LogP contribution in [-0.2, 0) is 4.79 Å². The van der Waals surface area contributed by atoms with Crippen molar-refractivity contribution in [3.63, 3.8) is 0 Å². The SMILES string of the molecule is COc1ccccc1OCC(=O)NCCCN.Cl. The minimum absolute atomic E-state index is 0. The standard InChI is InChI=1S/C12H18N2O3.ClH/c1-16-10-5-2-3-6-11(10)17-9-12(15)14-8-4-7-13;/h2-3,5-6H,4,7-9,13H2,1H3,(H,14,15);1H. The van der Waals surface area contributed by atoms with E-state index in [9.17, 15) is 4.79 Å². The Morgan fingerprint density at radius 2 is 2.00 bits per heavy atom. The van der Waals surface area contributed by atoms with Crippen LogP contribution in [0, 0.1) is 0 Å². The highest BCUT2D eigenvalue weighted by molar-refractivity contribution is 5.85. The minimum Gasteiger partial charge on any atom is -0.493 e. The molecule has 0 saturated carbocycles. The predicted molar refractivity (Wildman–Crippen MR) is 72.4 cm³/mol. The molecule has 0 fully saturated rings. The Balaban J connectivity index is 0.00000289. The first kappa shape index (κ1) is 16.5. The number of carbonyl (C=O) groups excluding carboxylic acids is 1. The van der Waals surface area contributed by atoms with E-state index in [2.05, 4.69) is 5.32 Å². The maximum absolute atomic E-state index is 11.4. The van der Waals surface area contributed by atoms with Gasteiger partial charge < -0.3 is 20.5 Å². The number of nitrogens with two attached hydrogens (primary N) is 1. The van der Waals surface area contributed by atoms with E-state index in [0.29, 0.717) is 24.6 Å². The molecule has 3 N–H and O–H groups in total. The number of hydrogen-bond acceptors (Lipinski definition) is 4. The van der Waals surface area contributed by atoms with Gasteiger partial charge in [-0.15, -0.1) is 12.4 Å². The summed E-state index contributed by atoms with van der Waals surface area (Å²) in [7, 11) is 1.56. The van der Waals surface area contributed by atoms with Gasteiger partial charge in [0.1, 0.15) is 0 Å². The number of carbonyl (C=O) groups is 1. The second kappa shape index (κ2) is 9.56. The molecule has 1 aromatic carbocycles. The van der Waals surface area contributed by atoms with Crippen LogP contribution in [0.15, 0.2) is 24.3 Å². The molecule has 0 unspecified atom stereocenters. The summed E-state index contributed by atoms with van der Waals surface area (Å²) in [4.78, 5) is 11.4. The molecule has 0 aromatic heterocycles. The van der Waals surface area contributed by atoms with Crippen molar-refractivity contribution in [2.45, 2.75) is 6.42 Å². The van der Waals surface area contributed by atoms with Crippen molar-refractivity contribution in [1.29, 1.82) is 0 Å². The number of halogens is 1. The van der Waals surface area contributed by atoms with Crippen molar-refractivity contribution in [1.82, 2.24) is 5.32 Å². The molecule has 5 nitrogen and oxygen atoms in total. The lowest BCUT2D eigenvalue weighted by Crippen LogP contribution is -2.30. The first-order valence-corrected chi connectivity index (χ1v) is 5.50. The first-order chi connectivity index (χ1) is 8.27. The molecule has 1 rings (SSSR count). The zero-order chi connectivity index (χ0) is 12.5. The number of para-hydroxylation sites is 2. The molecule has 0 aliphatic rings. The van der Waals surface area contributed by atoms with Crippen molar-refractivity contribution >= 4 is 18.3 Å². The summed E-state index contributed by atoms with van der Waals surface area (Å²) in [5.74, 6) is 1.01. The second-order valence-electron chi connectivity index (χ2n) is 3.43. The summed E-state index contributed by atoms with van der Waals surface area (Å²) >= 11 is 0. The lowest BCUT2D eigenvalue weighted by molar-refractivity contribution is -0.123. The molecule has 1 aromatic rings. The van der Waals surface area contributed by atoms with Gasteiger partial charge in [0.2, 0.25) is 0 Å². The molecular formula is C12H19ClN2O3. The Labute approximate surface area is 113 Å². The third kappa shape index (κ3) is 5.75. The van der Waals surface area contributed by atoms with E-state index in [4.69, 9.17) is 15.2 Å². The van der Waals surface area contributed by atoms with E-state index in [-0.39, 0.29) is 24.9 Å². The Morgan fingerprint density at radius 3 is 2.61 bits per heavy atom. The Morgan fingerprint density at radius 1 is 1.33 bits per heavy atom. The summed E-state index contributed by atoms with van der Waals surface area (Å²) in [6.07, 6.45) is 0.764. The predicted octanol–water partition coefficient (Wildman–Crippen LogP) is 0.961. The summed E-state index contributed by atoms with van der Waals surface area (Å²) in [5.41, 5.74) is 5.32. The van der Waals surface area contributed by atoms with Gasteiger partial charge in [-0.1, -0.05) is 12.1 Å². The van der Waals surface area contributed by atoms with Gasteiger partial charge >= 0.3 is 0 Å². The fraction of sp³-hybridized carbons (Fsp3) is 0.417. The largest absolute Gasteiger partial charge is 0.493 e. The number of ether oxygens (including phenoxy) is 2. The fourth-order valence-corrected chi connectivity index (χ4v) is 1.26. The third-order valence-electron chi connectivity index (χ3n) is 2.13. The van der Waals surface area contributed by atoms with Crippen LogP contribution in [0.4, 0.5) is 0 Å². The van der Waals surface area contributed by atoms with Crippen LogP contribution in [0.25, 0.3) is 0 Å². The molecule has 0 heterocycles. The highest BCUT2D eigenvalue weighted by Gasteiger charge is 2.05. The Kier molecular flexibility index (Phi) is 8.78. The van der Waals surface area contributed by atoms with Crippen LogP contribution >= 0.6 is 12.4 Å². The molecule has 0 aliphatic heterocycles. The van der Waals surface area contributed by atoms with E-state index in [1.54, 1.807) is 19.2 Å². The maximum atomic E-state index is 11.4. The van der Waals surface area contributed by atoms with E-state index in [1.807, 2.05) is 12.1 Å². The van der Waals surface area contributed by atoms with Crippen LogP contribution in [0.3, 0.4) is 0 Å². The number of hydrogen-bond donors (Lipinski definition) is 2. The molecule has 0 spiro atoms. The van der Waals surface area contributed by atoms with Gasteiger partial charge in [0.15, 0.2) is 18.1 Å². The number of methoxy groups -OCH3 is 1. The molecule has 0 saturated heterocycles. The highest BCUT2D eigenvalue weighted by atomic mass is 35.5. The Bertz CT molecular complexity index is 361. The second-order valence-corrected chi connectivity index (χ2v) is 3.43. The van der Waals surface area contributed by atoms with Crippen LogP contribution in [-0.4, -0.2) is 32.7 Å². The molecule has 0 radical (unpaired) electrons. The average molecular weight is 275 g/mol. The van der Waals surface area contributed by atoms with Gasteiger partial charge in [-0.05, 0) is 25.1 Å². The van der Waals surface area contributed by atoms with Gasteiger partial charge in [-0.3, -0.25) is 4.79 Å². The molecule has 0 atom stereocenters. The lowest BCUT2D eigenvalue weighted by Gasteiger charge is -2.10. The molecular weight excluding hydrogens is 256 g/mol.